The summed E-state index contributed by atoms with van der Waals surface area (Å²) in [7, 11) is -3.68. The topological polar surface area (TPSA) is 66.5 Å². The maximum absolute atomic E-state index is 13.2. The number of hydrogen-bond acceptors (Lipinski definition) is 3. The molecule has 30 heavy (non-hydrogen) atoms. The van der Waals surface area contributed by atoms with Gasteiger partial charge in [-0.05, 0) is 60.4 Å². The van der Waals surface area contributed by atoms with Crippen LogP contribution in [0.2, 0.25) is 5.02 Å². The summed E-state index contributed by atoms with van der Waals surface area (Å²) in [6.45, 7) is 2.47. The van der Waals surface area contributed by atoms with E-state index in [-0.39, 0.29) is 17.3 Å². The van der Waals surface area contributed by atoms with Crippen molar-refractivity contribution >= 4 is 44.0 Å². The highest BCUT2D eigenvalue weighted by atomic mass is 35.5. The van der Waals surface area contributed by atoms with Crippen LogP contribution in [0.3, 0.4) is 0 Å². The molecule has 4 rings (SSSR count). The van der Waals surface area contributed by atoms with Crippen LogP contribution in [0, 0.1) is 12.8 Å². The Kier molecular flexibility index (Phi) is 5.82. The zero-order valence-corrected chi connectivity index (χ0v) is 18.2. The van der Waals surface area contributed by atoms with E-state index in [0.717, 1.165) is 16.3 Å². The smallest absolute Gasteiger partial charge is 0.243 e. The molecule has 0 spiro atoms. The molecule has 3 aromatic rings. The maximum Gasteiger partial charge on any atom is 0.243 e. The molecule has 1 saturated heterocycles. The molecular formula is C23H23ClN2O3S. The van der Waals surface area contributed by atoms with Crippen LogP contribution in [-0.4, -0.2) is 31.7 Å². The third-order valence-electron chi connectivity index (χ3n) is 5.57. The summed E-state index contributed by atoms with van der Waals surface area (Å²) < 4.78 is 27.9. The predicted molar refractivity (Wildman–Crippen MR) is 120 cm³/mol. The number of anilines is 1. The van der Waals surface area contributed by atoms with Gasteiger partial charge >= 0.3 is 0 Å². The van der Waals surface area contributed by atoms with Gasteiger partial charge in [-0.2, -0.15) is 4.31 Å². The van der Waals surface area contributed by atoms with Crippen LogP contribution in [0.1, 0.15) is 18.4 Å². The number of halogens is 1. The molecule has 0 aromatic heterocycles. The minimum Gasteiger partial charge on any atom is -0.326 e. The summed E-state index contributed by atoms with van der Waals surface area (Å²) in [6.07, 6.45) is 1.29. The second kappa shape index (κ2) is 8.38. The molecule has 1 N–H and O–H groups in total. The molecule has 0 unspecified atom stereocenters. The molecule has 0 bridgehead atoms. The largest absolute Gasteiger partial charge is 0.326 e. The van der Waals surface area contributed by atoms with Crippen molar-refractivity contribution in [2.75, 3.05) is 18.4 Å². The number of nitrogens with zero attached hydrogens (tertiary/aromatic N) is 1. The first-order valence-electron chi connectivity index (χ1n) is 9.90. The summed E-state index contributed by atoms with van der Waals surface area (Å²) >= 11 is 6.04. The van der Waals surface area contributed by atoms with Crippen molar-refractivity contribution in [1.82, 2.24) is 4.31 Å². The van der Waals surface area contributed by atoms with Crippen molar-refractivity contribution in [2.24, 2.45) is 5.92 Å². The van der Waals surface area contributed by atoms with Crippen LogP contribution >= 0.6 is 11.6 Å². The number of carbonyl (C=O) groups excluding carboxylic acids is 1. The van der Waals surface area contributed by atoms with E-state index in [9.17, 15) is 13.2 Å². The van der Waals surface area contributed by atoms with E-state index in [4.69, 9.17) is 11.6 Å². The first-order valence-corrected chi connectivity index (χ1v) is 11.7. The minimum atomic E-state index is -3.68. The molecule has 3 aromatic carbocycles. The predicted octanol–water partition coefficient (Wildman–Crippen LogP) is 4.84. The molecule has 1 atom stereocenters. The fraction of sp³-hybridized carbons (Fsp3) is 0.261. The number of amides is 1. The molecule has 1 aliphatic heterocycles. The van der Waals surface area contributed by atoms with E-state index >= 15 is 0 Å². The summed E-state index contributed by atoms with van der Waals surface area (Å²) in [6, 6.07) is 18.1. The fourth-order valence-corrected chi connectivity index (χ4v) is 5.55. The Balaban J connectivity index is 1.53. The lowest BCUT2D eigenvalue weighted by molar-refractivity contribution is -0.120. The number of fused-ring (bicyclic) bond motifs is 1. The highest BCUT2D eigenvalue weighted by Crippen LogP contribution is 2.28. The lowest BCUT2D eigenvalue weighted by atomic mass is 9.98. The number of rotatable bonds is 4. The average Bonchev–Trinajstić information content (AvgIpc) is 2.76. The zero-order valence-electron chi connectivity index (χ0n) is 16.6. The second-order valence-electron chi connectivity index (χ2n) is 7.66. The second-order valence-corrected chi connectivity index (χ2v) is 10.0. The fourth-order valence-electron chi connectivity index (χ4n) is 3.82. The van der Waals surface area contributed by atoms with E-state index in [1.807, 2.05) is 43.3 Å². The van der Waals surface area contributed by atoms with Crippen LogP contribution < -0.4 is 5.32 Å². The van der Waals surface area contributed by atoms with Gasteiger partial charge < -0.3 is 5.32 Å². The van der Waals surface area contributed by atoms with Crippen LogP contribution in [-0.2, 0) is 14.8 Å². The molecule has 156 valence electrons. The molecule has 0 aliphatic carbocycles. The van der Waals surface area contributed by atoms with Crippen molar-refractivity contribution in [2.45, 2.75) is 24.7 Å². The molecule has 0 saturated carbocycles. The van der Waals surface area contributed by atoms with Crippen LogP contribution in [0.25, 0.3) is 10.8 Å². The van der Waals surface area contributed by atoms with Crippen LogP contribution in [0.4, 0.5) is 5.69 Å². The monoisotopic (exact) mass is 442 g/mol. The van der Waals surface area contributed by atoms with Crippen molar-refractivity contribution in [3.63, 3.8) is 0 Å². The maximum atomic E-state index is 13.2. The molecule has 1 aliphatic rings. The Hall–Kier alpha value is -2.41. The van der Waals surface area contributed by atoms with Crippen LogP contribution in [0.5, 0.6) is 0 Å². The van der Waals surface area contributed by atoms with E-state index in [2.05, 4.69) is 5.32 Å². The van der Waals surface area contributed by atoms with Crippen LogP contribution in [0.15, 0.2) is 65.6 Å². The van der Waals surface area contributed by atoms with Gasteiger partial charge in [0.2, 0.25) is 15.9 Å². The van der Waals surface area contributed by atoms with Gasteiger partial charge in [0, 0.05) is 23.8 Å². The lowest BCUT2D eigenvalue weighted by Crippen LogP contribution is -2.43. The highest BCUT2D eigenvalue weighted by molar-refractivity contribution is 7.89. The molecular weight excluding hydrogens is 420 g/mol. The molecule has 5 nitrogen and oxygen atoms in total. The number of nitrogens with one attached hydrogen (secondary N) is 1. The number of benzene rings is 3. The third-order valence-corrected chi connectivity index (χ3v) is 7.67. The summed E-state index contributed by atoms with van der Waals surface area (Å²) in [5.74, 6) is -0.592. The number of carbonyl (C=O) groups is 1. The summed E-state index contributed by atoms with van der Waals surface area (Å²) in [5.41, 5.74) is 1.56. The summed E-state index contributed by atoms with van der Waals surface area (Å²) in [5, 5.41) is 5.32. The Morgan fingerprint density at radius 3 is 2.63 bits per heavy atom. The van der Waals surface area contributed by atoms with Gasteiger partial charge in [0.05, 0.1) is 10.8 Å². The quantitative estimate of drug-likeness (QED) is 0.628. The van der Waals surface area contributed by atoms with E-state index < -0.39 is 15.9 Å². The number of hydrogen-bond donors (Lipinski definition) is 1. The Labute approximate surface area is 181 Å². The highest BCUT2D eigenvalue weighted by Gasteiger charge is 2.33. The van der Waals surface area contributed by atoms with Crippen molar-refractivity contribution in [3.05, 3.63) is 71.2 Å². The number of aryl methyl sites for hydroxylation is 1. The average molecular weight is 443 g/mol. The van der Waals surface area contributed by atoms with Gasteiger partial charge in [-0.25, -0.2) is 8.42 Å². The molecule has 0 radical (unpaired) electrons. The molecule has 1 fully saturated rings. The molecule has 7 heteroatoms. The van der Waals surface area contributed by atoms with E-state index in [1.165, 1.54) is 4.31 Å². The zero-order chi connectivity index (χ0) is 21.3. The Morgan fingerprint density at radius 1 is 1.07 bits per heavy atom. The van der Waals surface area contributed by atoms with Crippen molar-refractivity contribution in [3.8, 4) is 0 Å². The first-order chi connectivity index (χ1) is 14.3. The Bertz CT molecular complexity index is 1210. The van der Waals surface area contributed by atoms with Gasteiger partial charge in [0.25, 0.3) is 0 Å². The van der Waals surface area contributed by atoms with E-state index in [0.29, 0.717) is 30.1 Å². The molecule has 1 amide bonds. The van der Waals surface area contributed by atoms with Gasteiger partial charge in [0.1, 0.15) is 0 Å². The summed E-state index contributed by atoms with van der Waals surface area (Å²) in [4.78, 5) is 13.1. The van der Waals surface area contributed by atoms with Crippen molar-refractivity contribution < 1.29 is 13.2 Å². The number of piperidine rings is 1. The SMILES string of the molecule is Cc1ccc(Cl)cc1NC(=O)[C@@H]1CCCN(S(=O)(=O)c2ccc3ccccc3c2)C1. The van der Waals surface area contributed by atoms with E-state index in [1.54, 1.807) is 24.3 Å². The standard InChI is InChI=1S/C23H23ClN2O3S/c1-16-8-10-20(24)14-22(16)25-23(27)19-7-4-12-26(15-19)30(28,29)21-11-9-17-5-2-3-6-18(17)13-21/h2-3,5-6,8-11,13-14,19H,4,7,12,15H2,1H3,(H,25,27)/t19-/m1/s1. The molecule has 1 heterocycles. The number of sulfonamides is 1. The van der Waals surface area contributed by atoms with Gasteiger partial charge in [-0.3, -0.25) is 4.79 Å². The van der Waals surface area contributed by atoms with Gasteiger partial charge in [-0.1, -0.05) is 48.0 Å². The Morgan fingerprint density at radius 2 is 1.83 bits per heavy atom. The minimum absolute atomic E-state index is 0.167. The first kappa shape index (κ1) is 20.8. The normalized spacial score (nSPS) is 17.7. The van der Waals surface area contributed by atoms with Crippen molar-refractivity contribution in [1.29, 1.82) is 0 Å². The lowest BCUT2D eigenvalue weighted by Gasteiger charge is -2.31. The van der Waals surface area contributed by atoms with Gasteiger partial charge in [-0.15, -0.1) is 0 Å². The van der Waals surface area contributed by atoms with Gasteiger partial charge in [0.15, 0.2) is 0 Å². The third kappa shape index (κ3) is 4.21.